The molecule has 0 radical (unpaired) electrons. The van der Waals surface area contributed by atoms with Crippen LogP contribution in [0.1, 0.15) is 77.3 Å². The third-order valence-electron chi connectivity index (χ3n) is 5.41. The second-order valence-corrected chi connectivity index (χ2v) is 8.15. The summed E-state index contributed by atoms with van der Waals surface area (Å²) in [5.74, 6) is 0.281. The van der Waals surface area contributed by atoms with Gasteiger partial charge in [-0.1, -0.05) is 37.5 Å². The summed E-state index contributed by atoms with van der Waals surface area (Å²) in [5, 5.41) is 5.60. The standard InChI is InChI=1S/C23H32N2O4/c1-15(2)28-19-14-10-9-13-18(19)21-20(16(3)24-23(27)25-21)22(26)29-17-11-7-5-4-6-8-12-17/h9-10,13-15,17,21H,4-8,11-12H2,1-3H3,(H2,24,25,27). The Morgan fingerprint density at radius 2 is 1.72 bits per heavy atom. The largest absolute Gasteiger partial charge is 0.491 e. The second kappa shape index (κ2) is 9.81. The number of allylic oxidation sites excluding steroid dienone is 1. The van der Waals surface area contributed by atoms with Crippen LogP contribution in [0.25, 0.3) is 0 Å². The molecule has 1 unspecified atom stereocenters. The summed E-state index contributed by atoms with van der Waals surface area (Å²) in [6.45, 7) is 5.64. The molecule has 0 spiro atoms. The first-order chi connectivity index (χ1) is 14.0. The van der Waals surface area contributed by atoms with Gasteiger partial charge in [0.15, 0.2) is 0 Å². The van der Waals surface area contributed by atoms with Crippen molar-refractivity contribution in [2.75, 3.05) is 0 Å². The summed E-state index contributed by atoms with van der Waals surface area (Å²) in [7, 11) is 0. The molecule has 1 saturated carbocycles. The summed E-state index contributed by atoms with van der Waals surface area (Å²) in [5.41, 5.74) is 1.71. The molecule has 1 fully saturated rings. The average molecular weight is 401 g/mol. The first kappa shape index (κ1) is 21.2. The van der Waals surface area contributed by atoms with Gasteiger partial charge in [-0.3, -0.25) is 0 Å². The Morgan fingerprint density at radius 1 is 1.07 bits per heavy atom. The summed E-state index contributed by atoms with van der Waals surface area (Å²) >= 11 is 0. The molecular weight excluding hydrogens is 368 g/mol. The lowest BCUT2D eigenvalue weighted by molar-refractivity contribution is -0.145. The van der Waals surface area contributed by atoms with Crippen LogP contribution in [0.4, 0.5) is 4.79 Å². The molecule has 1 aromatic rings. The molecule has 0 bridgehead atoms. The van der Waals surface area contributed by atoms with Gasteiger partial charge in [-0.15, -0.1) is 0 Å². The van der Waals surface area contributed by atoms with Crippen molar-refractivity contribution in [3.05, 3.63) is 41.1 Å². The van der Waals surface area contributed by atoms with Gasteiger partial charge in [0, 0.05) is 11.3 Å². The molecule has 158 valence electrons. The van der Waals surface area contributed by atoms with Gasteiger partial charge in [0.1, 0.15) is 11.9 Å². The van der Waals surface area contributed by atoms with E-state index < -0.39 is 6.04 Å². The Balaban J connectivity index is 1.87. The van der Waals surface area contributed by atoms with Gasteiger partial charge >= 0.3 is 12.0 Å². The highest BCUT2D eigenvalue weighted by Crippen LogP contribution is 2.34. The minimum atomic E-state index is -0.611. The predicted molar refractivity (Wildman–Crippen MR) is 112 cm³/mol. The second-order valence-electron chi connectivity index (χ2n) is 8.15. The van der Waals surface area contributed by atoms with E-state index in [0.717, 1.165) is 31.2 Å². The molecule has 2 aliphatic rings. The minimum absolute atomic E-state index is 0.0241. The maximum absolute atomic E-state index is 13.2. The summed E-state index contributed by atoms with van der Waals surface area (Å²) in [6, 6.07) is 6.55. The third kappa shape index (κ3) is 5.52. The highest BCUT2D eigenvalue weighted by Gasteiger charge is 2.35. The number of amides is 2. The number of benzene rings is 1. The number of nitrogens with one attached hydrogen (secondary N) is 2. The molecule has 2 N–H and O–H groups in total. The summed E-state index contributed by atoms with van der Waals surface area (Å²) < 4.78 is 11.8. The van der Waals surface area contributed by atoms with Crippen molar-refractivity contribution in [1.29, 1.82) is 0 Å². The number of para-hydroxylation sites is 1. The topological polar surface area (TPSA) is 76.7 Å². The Kier molecular flexibility index (Phi) is 7.18. The Morgan fingerprint density at radius 3 is 2.41 bits per heavy atom. The first-order valence-electron chi connectivity index (χ1n) is 10.7. The van der Waals surface area contributed by atoms with E-state index in [1.165, 1.54) is 19.3 Å². The average Bonchev–Trinajstić information content (AvgIpc) is 2.63. The van der Waals surface area contributed by atoms with Gasteiger partial charge in [0.05, 0.1) is 17.7 Å². The van der Waals surface area contributed by atoms with Crippen LogP contribution in [0.2, 0.25) is 0 Å². The van der Waals surface area contributed by atoms with Crippen molar-refractivity contribution in [2.45, 2.75) is 84.0 Å². The number of rotatable bonds is 5. The molecule has 1 atom stereocenters. The van der Waals surface area contributed by atoms with Crippen molar-refractivity contribution in [3.63, 3.8) is 0 Å². The van der Waals surface area contributed by atoms with Crippen LogP contribution in [-0.4, -0.2) is 24.2 Å². The molecule has 1 aromatic carbocycles. The molecular formula is C23H32N2O4. The van der Waals surface area contributed by atoms with Gasteiger partial charge in [-0.25, -0.2) is 9.59 Å². The zero-order valence-electron chi connectivity index (χ0n) is 17.6. The molecule has 1 aliphatic heterocycles. The lowest BCUT2D eigenvalue weighted by atomic mass is 9.94. The molecule has 29 heavy (non-hydrogen) atoms. The van der Waals surface area contributed by atoms with Crippen LogP contribution < -0.4 is 15.4 Å². The van der Waals surface area contributed by atoms with Gasteiger partial charge < -0.3 is 20.1 Å². The van der Waals surface area contributed by atoms with Crippen LogP contribution in [-0.2, 0) is 9.53 Å². The molecule has 0 saturated heterocycles. The van der Waals surface area contributed by atoms with E-state index in [-0.39, 0.29) is 24.2 Å². The summed E-state index contributed by atoms with van der Waals surface area (Å²) in [4.78, 5) is 25.4. The molecule has 3 rings (SSSR count). The fraction of sp³-hybridized carbons (Fsp3) is 0.565. The van der Waals surface area contributed by atoms with E-state index in [9.17, 15) is 9.59 Å². The maximum Gasteiger partial charge on any atom is 0.338 e. The molecule has 2 amide bonds. The van der Waals surface area contributed by atoms with Gasteiger partial charge in [0.25, 0.3) is 0 Å². The monoisotopic (exact) mass is 400 g/mol. The van der Waals surface area contributed by atoms with Crippen LogP contribution in [0.3, 0.4) is 0 Å². The predicted octanol–water partition coefficient (Wildman–Crippen LogP) is 4.76. The minimum Gasteiger partial charge on any atom is -0.491 e. The van der Waals surface area contributed by atoms with Crippen LogP contribution in [0.15, 0.2) is 35.5 Å². The fourth-order valence-corrected chi connectivity index (χ4v) is 4.03. The van der Waals surface area contributed by atoms with E-state index in [4.69, 9.17) is 9.47 Å². The van der Waals surface area contributed by atoms with Gasteiger partial charge in [-0.05, 0) is 52.5 Å². The molecule has 1 heterocycles. The lowest BCUT2D eigenvalue weighted by Crippen LogP contribution is -2.45. The Bertz CT molecular complexity index is 764. The zero-order valence-corrected chi connectivity index (χ0v) is 17.6. The normalized spacial score (nSPS) is 21.1. The number of hydrogen-bond acceptors (Lipinski definition) is 4. The highest BCUT2D eigenvalue weighted by atomic mass is 16.5. The van der Waals surface area contributed by atoms with Crippen molar-refractivity contribution in [1.82, 2.24) is 10.6 Å². The number of ether oxygens (including phenoxy) is 2. The first-order valence-corrected chi connectivity index (χ1v) is 10.7. The lowest BCUT2D eigenvalue weighted by Gasteiger charge is -2.30. The molecule has 0 aromatic heterocycles. The number of esters is 1. The number of carbonyl (C=O) groups excluding carboxylic acids is 2. The van der Waals surface area contributed by atoms with E-state index in [1.54, 1.807) is 6.92 Å². The van der Waals surface area contributed by atoms with E-state index in [2.05, 4.69) is 10.6 Å². The van der Waals surface area contributed by atoms with Crippen LogP contribution in [0.5, 0.6) is 5.75 Å². The highest BCUT2D eigenvalue weighted by molar-refractivity contribution is 5.95. The number of urea groups is 1. The molecule has 1 aliphatic carbocycles. The molecule has 6 heteroatoms. The van der Waals surface area contributed by atoms with Crippen LogP contribution in [0, 0.1) is 0 Å². The number of carbonyl (C=O) groups is 2. The molecule has 6 nitrogen and oxygen atoms in total. The van der Waals surface area contributed by atoms with Crippen LogP contribution >= 0.6 is 0 Å². The van der Waals surface area contributed by atoms with Crippen molar-refractivity contribution in [2.24, 2.45) is 0 Å². The van der Waals surface area contributed by atoms with E-state index in [0.29, 0.717) is 17.0 Å². The van der Waals surface area contributed by atoms with Gasteiger partial charge in [0.2, 0.25) is 0 Å². The maximum atomic E-state index is 13.2. The van der Waals surface area contributed by atoms with Gasteiger partial charge in [-0.2, -0.15) is 0 Å². The third-order valence-corrected chi connectivity index (χ3v) is 5.41. The SMILES string of the molecule is CC1=C(C(=O)OC2CCCCCCC2)C(c2ccccc2OC(C)C)NC(=O)N1. The number of hydrogen-bond donors (Lipinski definition) is 2. The quantitative estimate of drug-likeness (QED) is 0.699. The fourth-order valence-electron chi connectivity index (χ4n) is 4.03. The summed E-state index contributed by atoms with van der Waals surface area (Å²) in [6.07, 6.45) is 7.51. The van der Waals surface area contributed by atoms with E-state index >= 15 is 0 Å². The van der Waals surface area contributed by atoms with Crippen molar-refractivity contribution < 1.29 is 19.1 Å². The Labute approximate surface area is 173 Å². The zero-order chi connectivity index (χ0) is 20.8. The Hall–Kier alpha value is -2.50. The smallest absolute Gasteiger partial charge is 0.338 e. The van der Waals surface area contributed by atoms with E-state index in [1.807, 2.05) is 38.1 Å². The van der Waals surface area contributed by atoms with Crippen molar-refractivity contribution >= 4 is 12.0 Å². The van der Waals surface area contributed by atoms with Crippen molar-refractivity contribution in [3.8, 4) is 5.75 Å².